The molecule has 0 spiro atoms. The van der Waals surface area contributed by atoms with Crippen LogP contribution in [0.1, 0.15) is 25.3 Å². The number of fused-ring (bicyclic) bond motifs is 1. The molecule has 1 aromatic heterocycles. The number of H-pyrrole nitrogens is 1. The van der Waals surface area contributed by atoms with E-state index in [9.17, 15) is 13.9 Å². The molecule has 3 rings (SSSR count). The molecule has 0 bridgehead atoms. The lowest BCUT2D eigenvalue weighted by atomic mass is 10.0. The fraction of sp³-hybridized carbons (Fsp3) is 0.176. The van der Waals surface area contributed by atoms with Gasteiger partial charge in [-0.05, 0) is 35.7 Å². The van der Waals surface area contributed by atoms with E-state index >= 15 is 0 Å². The number of hydrogen-bond donors (Lipinski definition) is 2. The third-order valence-corrected chi connectivity index (χ3v) is 3.61. The topological polar surface area (TPSA) is 60.7 Å². The summed E-state index contributed by atoms with van der Waals surface area (Å²) in [6.45, 7) is 4.12. The van der Waals surface area contributed by atoms with Gasteiger partial charge in [0.15, 0.2) is 11.5 Å². The van der Waals surface area contributed by atoms with Gasteiger partial charge in [0.25, 0.3) is 0 Å². The Balaban J connectivity index is 2.06. The molecule has 0 amide bonds. The first-order valence-electron chi connectivity index (χ1n) is 7.17. The van der Waals surface area contributed by atoms with Crippen LogP contribution in [0.25, 0.3) is 10.9 Å². The van der Waals surface area contributed by atoms with E-state index in [0.717, 1.165) is 17.7 Å². The molecule has 2 N–H and O–H groups in total. The fourth-order valence-electron chi connectivity index (χ4n) is 2.31. The van der Waals surface area contributed by atoms with Gasteiger partial charge in [0.2, 0.25) is 5.88 Å². The van der Waals surface area contributed by atoms with Crippen molar-refractivity contribution in [3.8, 4) is 5.88 Å². The van der Waals surface area contributed by atoms with Crippen LogP contribution in [0.3, 0.4) is 0 Å². The average Bonchev–Trinajstić information content (AvgIpc) is 2.81. The summed E-state index contributed by atoms with van der Waals surface area (Å²) < 4.78 is 26.5. The Kier molecular flexibility index (Phi) is 3.82. The molecule has 23 heavy (non-hydrogen) atoms. The maximum absolute atomic E-state index is 13.6. The van der Waals surface area contributed by atoms with E-state index < -0.39 is 11.6 Å². The number of benzene rings is 2. The highest BCUT2D eigenvalue weighted by Crippen LogP contribution is 2.37. The van der Waals surface area contributed by atoms with E-state index in [1.54, 1.807) is 0 Å². The standard InChI is InChI=1S/C17H15F2N3O/c1-9(2)10-3-5-14-12(7-10)16(17(23)20-14)22-21-15-6-4-11(18)8-13(15)19/h3-9,20,23H,1-2H3. The van der Waals surface area contributed by atoms with E-state index in [1.807, 2.05) is 18.2 Å². The summed E-state index contributed by atoms with van der Waals surface area (Å²) in [6.07, 6.45) is 0. The molecule has 0 saturated carbocycles. The van der Waals surface area contributed by atoms with Crippen LogP contribution in [0.2, 0.25) is 0 Å². The number of rotatable bonds is 3. The molecule has 118 valence electrons. The van der Waals surface area contributed by atoms with Gasteiger partial charge in [-0.3, -0.25) is 0 Å². The Bertz CT molecular complexity index is 900. The molecule has 0 saturated heterocycles. The minimum absolute atomic E-state index is 0.0971. The predicted molar refractivity (Wildman–Crippen MR) is 84.6 cm³/mol. The van der Waals surface area contributed by atoms with Crippen molar-refractivity contribution in [2.75, 3.05) is 0 Å². The van der Waals surface area contributed by atoms with Gasteiger partial charge in [-0.15, -0.1) is 10.2 Å². The molecule has 0 atom stereocenters. The van der Waals surface area contributed by atoms with Gasteiger partial charge in [-0.1, -0.05) is 19.9 Å². The molecule has 0 aliphatic carbocycles. The normalized spacial score (nSPS) is 11.9. The predicted octanol–water partition coefficient (Wildman–Crippen LogP) is 5.69. The third-order valence-electron chi connectivity index (χ3n) is 3.61. The lowest BCUT2D eigenvalue weighted by molar-refractivity contribution is 0.459. The highest BCUT2D eigenvalue weighted by atomic mass is 19.1. The Morgan fingerprint density at radius 1 is 1.04 bits per heavy atom. The molecule has 0 radical (unpaired) electrons. The zero-order chi connectivity index (χ0) is 16.6. The molecule has 3 aromatic rings. The van der Waals surface area contributed by atoms with Crippen LogP contribution in [-0.4, -0.2) is 10.1 Å². The Hall–Kier alpha value is -2.76. The van der Waals surface area contributed by atoms with Crippen molar-refractivity contribution in [1.29, 1.82) is 0 Å². The van der Waals surface area contributed by atoms with Crippen LogP contribution in [-0.2, 0) is 0 Å². The largest absolute Gasteiger partial charge is 0.493 e. The second kappa shape index (κ2) is 5.79. The first kappa shape index (κ1) is 15.1. The van der Waals surface area contributed by atoms with Crippen molar-refractivity contribution in [2.24, 2.45) is 10.2 Å². The lowest BCUT2D eigenvalue weighted by Crippen LogP contribution is -1.85. The molecule has 0 aliphatic heterocycles. The maximum atomic E-state index is 13.6. The number of azo groups is 1. The summed E-state index contributed by atoms with van der Waals surface area (Å²) in [6, 6.07) is 8.75. The second-order valence-electron chi connectivity index (χ2n) is 5.58. The number of nitrogens with one attached hydrogen (secondary N) is 1. The summed E-state index contributed by atoms with van der Waals surface area (Å²) in [5, 5.41) is 18.4. The van der Waals surface area contributed by atoms with Gasteiger partial charge < -0.3 is 10.1 Å². The fourth-order valence-corrected chi connectivity index (χ4v) is 2.31. The summed E-state index contributed by atoms with van der Waals surface area (Å²) >= 11 is 0. The maximum Gasteiger partial charge on any atom is 0.218 e. The highest BCUT2D eigenvalue weighted by molar-refractivity contribution is 5.94. The minimum Gasteiger partial charge on any atom is -0.493 e. The van der Waals surface area contributed by atoms with Crippen LogP contribution < -0.4 is 0 Å². The molecule has 0 aliphatic rings. The first-order valence-corrected chi connectivity index (χ1v) is 7.17. The quantitative estimate of drug-likeness (QED) is 0.599. The van der Waals surface area contributed by atoms with Crippen molar-refractivity contribution in [3.63, 3.8) is 0 Å². The molecular weight excluding hydrogens is 300 g/mol. The molecule has 6 heteroatoms. The molecule has 2 aromatic carbocycles. The Morgan fingerprint density at radius 3 is 2.52 bits per heavy atom. The third kappa shape index (κ3) is 2.92. The number of aromatic hydroxyl groups is 1. The smallest absolute Gasteiger partial charge is 0.218 e. The van der Waals surface area contributed by atoms with Crippen LogP contribution >= 0.6 is 0 Å². The van der Waals surface area contributed by atoms with Gasteiger partial charge in [-0.2, -0.15) is 0 Å². The monoisotopic (exact) mass is 315 g/mol. The van der Waals surface area contributed by atoms with Crippen LogP contribution in [0.15, 0.2) is 46.6 Å². The van der Waals surface area contributed by atoms with Crippen molar-refractivity contribution >= 4 is 22.3 Å². The Labute approximate surface area is 131 Å². The van der Waals surface area contributed by atoms with E-state index in [2.05, 4.69) is 29.1 Å². The number of hydrogen-bond acceptors (Lipinski definition) is 3. The molecule has 1 heterocycles. The lowest BCUT2D eigenvalue weighted by Gasteiger charge is -2.04. The summed E-state index contributed by atoms with van der Waals surface area (Å²) in [5.41, 5.74) is 1.92. The zero-order valence-electron chi connectivity index (χ0n) is 12.6. The Morgan fingerprint density at radius 2 is 1.83 bits per heavy atom. The van der Waals surface area contributed by atoms with Crippen molar-refractivity contribution in [3.05, 3.63) is 53.6 Å². The van der Waals surface area contributed by atoms with Crippen LogP contribution in [0.4, 0.5) is 20.2 Å². The molecule has 4 nitrogen and oxygen atoms in total. The number of halogens is 2. The van der Waals surface area contributed by atoms with Gasteiger partial charge in [-0.25, -0.2) is 8.78 Å². The van der Waals surface area contributed by atoms with E-state index in [0.29, 0.717) is 16.8 Å². The van der Waals surface area contributed by atoms with E-state index in [4.69, 9.17) is 0 Å². The summed E-state index contributed by atoms with van der Waals surface area (Å²) in [4.78, 5) is 2.80. The molecular formula is C17H15F2N3O. The van der Waals surface area contributed by atoms with Gasteiger partial charge in [0.1, 0.15) is 11.5 Å². The summed E-state index contributed by atoms with van der Waals surface area (Å²) in [5.74, 6) is -1.32. The molecule has 0 unspecified atom stereocenters. The number of aromatic nitrogens is 1. The van der Waals surface area contributed by atoms with E-state index in [1.165, 1.54) is 6.07 Å². The summed E-state index contributed by atoms with van der Waals surface area (Å²) in [7, 11) is 0. The second-order valence-corrected chi connectivity index (χ2v) is 5.58. The molecule has 0 fully saturated rings. The average molecular weight is 315 g/mol. The van der Waals surface area contributed by atoms with Crippen molar-refractivity contribution in [1.82, 2.24) is 4.98 Å². The number of aromatic amines is 1. The SMILES string of the molecule is CC(C)c1ccc2[nH]c(O)c(N=Nc3ccc(F)cc3F)c2c1. The van der Waals surface area contributed by atoms with Gasteiger partial charge in [0, 0.05) is 11.5 Å². The van der Waals surface area contributed by atoms with Crippen molar-refractivity contribution < 1.29 is 13.9 Å². The van der Waals surface area contributed by atoms with Gasteiger partial charge >= 0.3 is 0 Å². The first-order chi connectivity index (χ1) is 11.0. The van der Waals surface area contributed by atoms with Crippen LogP contribution in [0.5, 0.6) is 5.88 Å². The van der Waals surface area contributed by atoms with Crippen LogP contribution in [0, 0.1) is 11.6 Å². The van der Waals surface area contributed by atoms with Crippen molar-refractivity contribution in [2.45, 2.75) is 19.8 Å². The number of nitrogens with zero attached hydrogens (tertiary/aromatic N) is 2. The minimum atomic E-state index is -0.809. The van der Waals surface area contributed by atoms with Gasteiger partial charge in [0.05, 0.1) is 5.52 Å². The highest BCUT2D eigenvalue weighted by Gasteiger charge is 2.12. The zero-order valence-corrected chi connectivity index (χ0v) is 12.6. The van der Waals surface area contributed by atoms with E-state index in [-0.39, 0.29) is 17.3 Å².